The fraction of sp³-hybridized carbons (Fsp3) is 0.100. The summed E-state index contributed by atoms with van der Waals surface area (Å²) in [5, 5.41) is 14.7. The van der Waals surface area contributed by atoms with Crippen LogP contribution in [0.5, 0.6) is 0 Å². The number of nitrogens with zero attached hydrogens (tertiary/aromatic N) is 2. The molecule has 2 rings (SSSR count). The molecule has 1 aromatic carbocycles. The maximum absolute atomic E-state index is 11.8. The van der Waals surface area contributed by atoms with Gasteiger partial charge in [0.05, 0.1) is 10.0 Å². The highest BCUT2D eigenvalue weighted by Gasteiger charge is 2.12. The van der Waals surface area contributed by atoms with Gasteiger partial charge in [0.2, 0.25) is 10.1 Å². The molecule has 1 amide bonds. The monoisotopic (exact) mass is 302 g/mol. The minimum atomic E-state index is -0.340. The predicted octanol–water partition coefficient (Wildman–Crippen LogP) is 3.14. The van der Waals surface area contributed by atoms with E-state index in [0.717, 1.165) is 11.3 Å². The molecule has 0 aliphatic rings. The standard InChI is InChI=1S/C10H8Cl2N4OS/c1-13-10-16-15-9(18-10)8(17)14-5-2-3-6(11)7(12)4-5/h2-4H,1H3,(H,13,16)(H,14,17). The van der Waals surface area contributed by atoms with E-state index in [9.17, 15) is 4.79 Å². The highest BCUT2D eigenvalue weighted by Crippen LogP contribution is 2.25. The van der Waals surface area contributed by atoms with Crippen molar-refractivity contribution in [3.63, 3.8) is 0 Å². The van der Waals surface area contributed by atoms with Crippen molar-refractivity contribution in [2.24, 2.45) is 0 Å². The second-order valence-corrected chi connectivity index (χ2v) is 5.04. The topological polar surface area (TPSA) is 66.9 Å². The van der Waals surface area contributed by atoms with Crippen molar-refractivity contribution in [1.82, 2.24) is 10.2 Å². The Morgan fingerprint density at radius 1 is 1.28 bits per heavy atom. The summed E-state index contributed by atoms with van der Waals surface area (Å²) in [6.07, 6.45) is 0. The van der Waals surface area contributed by atoms with Gasteiger partial charge in [0, 0.05) is 12.7 Å². The summed E-state index contributed by atoms with van der Waals surface area (Å²) in [6, 6.07) is 4.84. The molecule has 8 heteroatoms. The van der Waals surface area contributed by atoms with Crippen molar-refractivity contribution in [3.8, 4) is 0 Å². The Labute approximate surface area is 117 Å². The first kappa shape index (κ1) is 13.1. The third kappa shape index (κ3) is 2.90. The van der Waals surface area contributed by atoms with Crippen molar-refractivity contribution >= 4 is 51.3 Å². The van der Waals surface area contributed by atoms with Gasteiger partial charge in [-0.1, -0.05) is 34.5 Å². The Morgan fingerprint density at radius 2 is 2.06 bits per heavy atom. The molecule has 0 atom stereocenters. The van der Waals surface area contributed by atoms with Gasteiger partial charge in [0.15, 0.2) is 0 Å². The zero-order valence-electron chi connectivity index (χ0n) is 9.20. The molecule has 0 aliphatic heterocycles. The van der Waals surface area contributed by atoms with Gasteiger partial charge in [-0.15, -0.1) is 10.2 Å². The average Bonchev–Trinajstić information content (AvgIpc) is 2.82. The normalized spacial score (nSPS) is 10.2. The molecular formula is C10H8Cl2N4OS. The molecule has 0 bridgehead atoms. The summed E-state index contributed by atoms with van der Waals surface area (Å²) < 4.78 is 0. The molecule has 0 saturated heterocycles. The number of hydrogen-bond donors (Lipinski definition) is 2. The van der Waals surface area contributed by atoms with Crippen LogP contribution in [0.25, 0.3) is 0 Å². The summed E-state index contributed by atoms with van der Waals surface area (Å²) >= 11 is 12.8. The van der Waals surface area contributed by atoms with Crippen molar-refractivity contribution in [2.75, 3.05) is 17.7 Å². The summed E-state index contributed by atoms with van der Waals surface area (Å²) in [6.45, 7) is 0. The number of halogens is 2. The summed E-state index contributed by atoms with van der Waals surface area (Å²) in [4.78, 5) is 11.8. The van der Waals surface area contributed by atoms with E-state index < -0.39 is 0 Å². The van der Waals surface area contributed by atoms with Gasteiger partial charge in [-0.05, 0) is 18.2 Å². The Kier molecular flexibility index (Phi) is 4.00. The van der Waals surface area contributed by atoms with E-state index in [1.807, 2.05) is 0 Å². The van der Waals surface area contributed by atoms with Gasteiger partial charge < -0.3 is 10.6 Å². The van der Waals surface area contributed by atoms with E-state index in [1.165, 1.54) is 0 Å². The van der Waals surface area contributed by atoms with E-state index in [2.05, 4.69) is 20.8 Å². The van der Waals surface area contributed by atoms with Crippen molar-refractivity contribution in [3.05, 3.63) is 33.3 Å². The van der Waals surface area contributed by atoms with E-state index >= 15 is 0 Å². The molecule has 94 valence electrons. The van der Waals surface area contributed by atoms with Crippen LogP contribution in [0, 0.1) is 0 Å². The lowest BCUT2D eigenvalue weighted by molar-refractivity contribution is 0.102. The zero-order chi connectivity index (χ0) is 13.1. The molecule has 0 saturated carbocycles. The van der Waals surface area contributed by atoms with Crippen LogP contribution in [0.3, 0.4) is 0 Å². The first-order chi connectivity index (χ1) is 8.60. The van der Waals surface area contributed by atoms with Crippen LogP contribution in [0.15, 0.2) is 18.2 Å². The lowest BCUT2D eigenvalue weighted by atomic mass is 10.3. The lowest BCUT2D eigenvalue weighted by Crippen LogP contribution is -2.11. The Balaban J connectivity index is 2.13. The van der Waals surface area contributed by atoms with Crippen LogP contribution in [0.2, 0.25) is 10.0 Å². The molecule has 0 radical (unpaired) electrons. The fourth-order valence-corrected chi connectivity index (χ4v) is 2.06. The number of amides is 1. The number of benzene rings is 1. The van der Waals surface area contributed by atoms with E-state index in [1.54, 1.807) is 25.2 Å². The maximum atomic E-state index is 11.8. The third-order valence-electron chi connectivity index (χ3n) is 2.01. The Bertz CT molecular complexity index is 587. The Morgan fingerprint density at radius 3 is 2.67 bits per heavy atom. The van der Waals surface area contributed by atoms with Crippen LogP contribution in [0.4, 0.5) is 10.8 Å². The summed E-state index contributed by atoms with van der Waals surface area (Å²) in [5.41, 5.74) is 0.551. The van der Waals surface area contributed by atoms with Gasteiger partial charge in [-0.2, -0.15) is 0 Å². The van der Waals surface area contributed by atoms with E-state index in [-0.39, 0.29) is 10.9 Å². The number of carbonyl (C=O) groups is 1. The minimum absolute atomic E-state index is 0.269. The number of anilines is 2. The molecule has 2 N–H and O–H groups in total. The number of nitrogens with one attached hydrogen (secondary N) is 2. The largest absolute Gasteiger partial charge is 0.363 e. The van der Waals surface area contributed by atoms with Crippen molar-refractivity contribution in [2.45, 2.75) is 0 Å². The second kappa shape index (κ2) is 5.51. The molecule has 1 heterocycles. The Hall–Kier alpha value is -1.37. The van der Waals surface area contributed by atoms with Gasteiger partial charge >= 0.3 is 0 Å². The van der Waals surface area contributed by atoms with E-state index in [0.29, 0.717) is 20.9 Å². The van der Waals surface area contributed by atoms with Crippen LogP contribution in [-0.2, 0) is 0 Å². The van der Waals surface area contributed by atoms with Crippen molar-refractivity contribution in [1.29, 1.82) is 0 Å². The SMILES string of the molecule is CNc1nnc(C(=O)Nc2ccc(Cl)c(Cl)c2)s1. The number of carbonyl (C=O) groups excluding carboxylic acids is 1. The molecule has 0 aliphatic carbocycles. The van der Waals surface area contributed by atoms with Gasteiger partial charge in [0.1, 0.15) is 0 Å². The molecule has 2 aromatic rings. The first-order valence-electron chi connectivity index (χ1n) is 4.88. The molecule has 0 spiro atoms. The molecule has 1 aromatic heterocycles. The van der Waals surface area contributed by atoms with Crippen LogP contribution in [-0.4, -0.2) is 23.2 Å². The maximum Gasteiger partial charge on any atom is 0.286 e. The fourth-order valence-electron chi connectivity index (χ4n) is 1.17. The van der Waals surface area contributed by atoms with Crippen LogP contribution in [0.1, 0.15) is 9.80 Å². The van der Waals surface area contributed by atoms with E-state index in [4.69, 9.17) is 23.2 Å². The van der Waals surface area contributed by atoms with Crippen molar-refractivity contribution < 1.29 is 4.79 Å². The smallest absolute Gasteiger partial charge is 0.286 e. The van der Waals surface area contributed by atoms with Gasteiger partial charge in [-0.25, -0.2) is 0 Å². The first-order valence-corrected chi connectivity index (χ1v) is 6.45. The minimum Gasteiger partial charge on any atom is -0.363 e. The quantitative estimate of drug-likeness (QED) is 0.914. The molecule has 0 fully saturated rings. The number of aromatic nitrogens is 2. The van der Waals surface area contributed by atoms with Gasteiger partial charge in [-0.3, -0.25) is 4.79 Å². The third-order valence-corrected chi connectivity index (χ3v) is 3.69. The number of rotatable bonds is 3. The second-order valence-electron chi connectivity index (χ2n) is 3.25. The zero-order valence-corrected chi connectivity index (χ0v) is 11.5. The molecule has 0 unspecified atom stereocenters. The predicted molar refractivity (Wildman–Crippen MR) is 73.9 cm³/mol. The summed E-state index contributed by atoms with van der Waals surface area (Å²) in [7, 11) is 1.71. The van der Waals surface area contributed by atoms with Crippen LogP contribution < -0.4 is 10.6 Å². The molecular weight excluding hydrogens is 295 g/mol. The lowest BCUT2D eigenvalue weighted by Gasteiger charge is -2.03. The molecule has 18 heavy (non-hydrogen) atoms. The highest BCUT2D eigenvalue weighted by molar-refractivity contribution is 7.17. The molecule has 5 nitrogen and oxygen atoms in total. The highest BCUT2D eigenvalue weighted by atomic mass is 35.5. The van der Waals surface area contributed by atoms with Gasteiger partial charge in [0.25, 0.3) is 5.91 Å². The summed E-state index contributed by atoms with van der Waals surface area (Å²) in [5.74, 6) is -0.340. The number of hydrogen-bond acceptors (Lipinski definition) is 5. The average molecular weight is 303 g/mol. The van der Waals surface area contributed by atoms with Crippen LogP contribution >= 0.6 is 34.5 Å².